The number of rotatable bonds is 2. The molecular weight excluding hydrogens is 371 g/mol. The molecule has 4 rings (SSSR count). The first kappa shape index (κ1) is 19.1. The number of para-hydroxylation sites is 1. The third kappa shape index (κ3) is 3.36. The maximum atomic E-state index is 15.0. The third-order valence-electron chi connectivity index (χ3n) is 4.80. The Morgan fingerprint density at radius 3 is 2.56 bits per heavy atom. The van der Waals surface area contributed by atoms with E-state index >= 15 is 0 Å². The number of nitrogens with two attached hydrogens (primary N) is 2. The molecule has 1 aliphatic rings. The van der Waals surface area contributed by atoms with E-state index in [-0.39, 0.29) is 30.0 Å². The number of halogens is 2. The van der Waals surface area contributed by atoms with Crippen LogP contribution < -0.4 is 11.5 Å². The molecule has 1 amide bonds. The van der Waals surface area contributed by atoms with Crippen LogP contribution in [0.1, 0.15) is 29.2 Å². The molecule has 6 nitrogen and oxygen atoms in total. The number of nitrogens with zero attached hydrogens (tertiary/aromatic N) is 2. The zero-order chi connectivity index (χ0) is 18.3. The Morgan fingerprint density at radius 1 is 1.15 bits per heavy atom. The highest BCUT2D eigenvalue weighted by Gasteiger charge is 2.23. The number of benzene rings is 2. The molecule has 1 fully saturated rings. The van der Waals surface area contributed by atoms with Crippen LogP contribution in [0.2, 0.25) is 0 Å². The Hall–Kier alpha value is -2.64. The fraction of sp³-hybridized carbons (Fsp3) is 0.263. The lowest BCUT2D eigenvalue weighted by molar-refractivity contribution is 0.0717. The van der Waals surface area contributed by atoms with Gasteiger partial charge in [0.1, 0.15) is 5.82 Å². The van der Waals surface area contributed by atoms with Gasteiger partial charge in [0.25, 0.3) is 5.91 Å². The Morgan fingerprint density at radius 2 is 1.85 bits per heavy atom. The molecule has 2 heterocycles. The van der Waals surface area contributed by atoms with Crippen molar-refractivity contribution in [3.05, 3.63) is 47.8 Å². The van der Waals surface area contributed by atoms with Gasteiger partial charge in [0.15, 0.2) is 5.96 Å². The van der Waals surface area contributed by atoms with Crippen LogP contribution in [-0.4, -0.2) is 29.6 Å². The average molecular weight is 391 g/mol. The van der Waals surface area contributed by atoms with Gasteiger partial charge in [0.05, 0.1) is 5.52 Å². The summed E-state index contributed by atoms with van der Waals surface area (Å²) in [5, 5.41) is 1.33. The summed E-state index contributed by atoms with van der Waals surface area (Å²) in [6.07, 6.45) is 1.67. The summed E-state index contributed by atoms with van der Waals surface area (Å²) in [5.74, 6) is -1.46. The molecule has 8 heteroatoms. The summed E-state index contributed by atoms with van der Waals surface area (Å²) in [6.45, 7) is 1.32. The fourth-order valence-electron chi connectivity index (χ4n) is 3.72. The molecule has 1 aromatic heterocycles. The largest absolute Gasteiger partial charge is 0.381 e. The van der Waals surface area contributed by atoms with Crippen LogP contribution in [0, 0.1) is 5.82 Å². The number of amides is 1. The number of hydrogen-bond acceptors (Lipinski definition) is 2. The average Bonchev–Trinajstić information content (AvgIpc) is 2.96. The Kier molecular flexibility index (Phi) is 5.34. The highest BCUT2D eigenvalue weighted by Crippen LogP contribution is 2.37. The molecule has 3 aromatic rings. The zero-order valence-corrected chi connectivity index (χ0v) is 15.3. The Balaban J connectivity index is 0.00000210. The maximum Gasteiger partial charge on any atom is 0.280 e. The van der Waals surface area contributed by atoms with E-state index < -0.39 is 11.7 Å². The molecule has 1 saturated heterocycles. The van der Waals surface area contributed by atoms with Crippen molar-refractivity contribution < 1.29 is 13.9 Å². The predicted octanol–water partition coefficient (Wildman–Crippen LogP) is 3.12. The number of aliphatic imine (C=N–C) groups is 1. The number of carbonyl (C=O) groups excluding carboxylic acids is 1. The highest BCUT2D eigenvalue weighted by atomic mass is 35.5. The first-order valence-electron chi connectivity index (χ1n) is 8.50. The molecule has 0 bridgehead atoms. The van der Waals surface area contributed by atoms with E-state index in [0.717, 1.165) is 23.7 Å². The van der Waals surface area contributed by atoms with E-state index in [4.69, 9.17) is 16.2 Å². The van der Waals surface area contributed by atoms with Crippen molar-refractivity contribution in [3.63, 3.8) is 0 Å². The molecule has 1 aliphatic heterocycles. The summed E-state index contributed by atoms with van der Waals surface area (Å²) in [5.41, 5.74) is 12.3. The van der Waals surface area contributed by atoms with Crippen molar-refractivity contribution in [1.29, 1.82) is 0 Å². The number of aromatic nitrogens is 1. The van der Waals surface area contributed by atoms with Gasteiger partial charge in [-0.2, -0.15) is 4.99 Å². The minimum atomic E-state index is -0.658. The molecule has 2 aromatic carbocycles. The van der Waals surface area contributed by atoms with Crippen molar-refractivity contribution in [1.82, 2.24) is 4.57 Å². The van der Waals surface area contributed by atoms with Crippen LogP contribution in [0.4, 0.5) is 4.39 Å². The SMILES string of the molecule is Cl.NC(N)=NC(=O)c1cc(F)c2c3ccccc3n(C3CCOCC3)c2c1. The van der Waals surface area contributed by atoms with E-state index in [1.807, 2.05) is 24.3 Å². The van der Waals surface area contributed by atoms with Gasteiger partial charge in [-0.25, -0.2) is 4.39 Å². The number of hydrogen-bond donors (Lipinski definition) is 2. The van der Waals surface area contributed by atoms with Crippen molar-refractivity contribution in [2.24, 2.45) is 16.5 Å². The van der Waals surface area contributed by atoms with E-state index in [2.05, 4.69) is 9.56 Å². The molecule has 27 heavy (non-hydrogen) atoms. The van der Waals surface area contributed by atoms with Gasteiger partial charge in [0, 0.05) is 41.1 Å². The Labute approximate surface area is 161 Å². The van der Waals surface area contributed by atoms with E-state index in [9.17, 15) is 9.18 Å². The normalized spacial score (nSPS) is 14.9. The van der Waals surface area contributed by atoms with Crippen molar-refractivity contribution in [2.75, 3.05) is 13.2 Å². The molecule has 0 atom stereocenters. The molecule has 142 valence electrons. The monoisotopic (exact) mass is 390 g/mol. The topological polar surface area (TPSA) is 95.6 Å². The molecule has 0 saturated carbocycles. The van der Waals surface area contributed by atoms with Crippen LogP contribution >= 0.6 is 12.4 Å². The standard InChI is InChI=1S/C19H19FN4O2.ClH/c20-14-9-11(18(25)23-19(21)22)10-16-17(14)13-3-1-2-4-15(13)24(16)12-5-7-26-8-6-12;/h1-4,9-10,12H,5-8H2,(H4,21,22,23,25);1H. The van der Waals surface area contributed by atoms with Gasteiger partial charge in [-0.15, -0.1) is 12.4 Å². The minimum Gasteiger partial charge on any atom is -0.381 e. The minimum absolute atomic E-state index is 0. The first-order chi connectivity index (χ1) is 12.6. The van der Waals surface area contributed by atoms with Crippen LogP contribution in [-0.2, 0) is 4.74 Å². The van der Waals surface area contributed by atoms with Crippen LogP contribution in [0.15, 0.2) is 41.4 Å². The van der Waals surface area contributed by atoms with Gasteiger partial charge in [-0.3, -0.25) is 4.79 Å². The quantitative estimate of drug-likeness (QED) is 0.519. The highest BCUT2D eigenvalue weighted by molar-refractivity contribution is 6.11. The molecule has 0 spiro atoms. The number of guanidine groups is 1. The molecule has 4 N–H and O–H groups in total. The predicted molar refractivity (Wildman–Crippen MR) is 106 cm³/mol. The maximum absolute atomic E-state index is 15.0. The number of carbonyl (C=O) groups is 1. The summed E-state index contributed by atoms with van der Waals surface area (Å²) in [6, 6.07) is 10.7. The molecular formula is C19H20ClFN4O2. The second kappa shape index (κ2) is 7.54. The lowest BCUT2D eigenvalue weighted by Crippen LogP contribution is -2.24. The van der Waals surface area contributed by atoms with Crippen LogP contribution in [0.3, 0.4) is 0 Å². The van der Waals surface area contributed by atoms with E-state index in [1.165, 1.54) is 6.07 Å². The summed E-state index contributed by atoms with van der Waals surface area (Å²) in [7, 11) is 0. The zero-order valence-electron chi connectivity index (χ0n) is 14.5. The second-order valence-electron chi connectivity index (χ2n) is 6.42. The molecule has 0 radical (unpaired) electrons. The fourth-order valence-corrected chi connectivity index (χ4v) is 3.72. The Bertz CT molecular complexity index is 1040. The molecule has 0 aliphatic carbocycles. The molecule has 0 unspecified atom stereocenters. The first-order valence-corrected chi connectivity index (χ1v) is 8.50. The smallest absolute Gasteiger partial charge is 0.280 e. The van der Waals surface area contributed by atoms with Crippen molar-refractivity contribution in [3.8, 4) is 0 Å². The van der Waals surface area contributed by atoms with Crippen molar-refractivity contribution in [2.45, 2.75) is 18.9 Å². The van der Waals surface area contributed by atoms with E-state index in [0.29, 0.717) is 24.1 Å². The lowest BCUT2D eigenvalue weighted by atomic mass is 10.1. The summed E-state index contributed by atoms with van der Waals surface area (Å²) < 4.78 is 22.5. The third-order valence-corrected chi connectivity index (χ3v) is 4.80. The van der Waals surface area contributed by atoms with Gasteiger partial charge in [-0.1, -0.05) is 18.2 Å². The van der Waals surface area contributed by atoms with Gasteiger partial charge in [0.2, 0.25) is 0 Å². The van der Waals surface area contributed by atoms with Crippen LogP contribution in [0.25, 0.3) is 21.8 Å². The van der Waals surface area contributed by atoms with Gasteiger partial charge < -0.3 is 20.8 Å². The van der Waals surface area contributed by atoms with Gasteiger partial charge >= 0.3 is 0 Å². The summed E-state index contributed by atoms with van der Waals surface area (Å²) in [4.78, 5) is 15.7. The van der Waals surface area contributed by atoms with E-state index in [1.54, 1.807) is 6.07 Å². The van der Waals surface area contributed by atoms with Gasteiger partial charge in [-0.05, 0) is 31.0 Å². The van der Waals surface area contributed by atoms with Crippen LogP contribution in [0.5, 0.6) is 0 Å². The second-order valence-corrected chi connectivity index (χ2v) is 6.42. The summed E-state index contributed by atoms with van der Waals surface area (Å²) >= 11 is 0. The van der Waals surface area contributed by atoms with Crippen molar-refractivity contribution >= 4 is 46.1 Å². The lowest BCUT2D eigenvalue weighted by Gasteiger charge is -2.25. The number of fused-ring (bicyclic) bond motifs is 3. The number of ether oxygens (including phenoxy) is 1.